The van der Waals surface area contributed by atoms with Crippen molar-refractivity contribution in [3.05, 3.63) is 0 Å². The van der Waals surface area contributed by atoms with Crippen LogP contribution in [0, 0.1) is 5.92 Å². The Kier molecular flexibility index (Phi) is 6.25. The fourth-order valence-corrected chi connectivity index (χ4v) is 2.61. The summed E-state index contributed by atoms with van der Waals surface area (Å²) in [5.41, 5.74) is -0.420. The van der Waals surface area contributed by atoms with E-state index in [4.69, 9.17) is 9.05 Å². The van der Waals surface area contributed by atoms with Crippen LogP contribution in [0.25, 0.3) is 0 Å². The maximum atomic E-state index is 11.9. The molecule has 84 valence electrons. The molecule has 0 amide bonds. The predicted molar refractivity (Wildman–Crippen MR) is 55.3 cm³/mol. The summed E-state index contributed by atoms with van der Waals surface area (Å²) in [6.07, 6.45) is 0.233. The van der Waals surface area contributed by atoms with Crippen molar-refractivity contribution in [2.24, 2.45) is 5.92 Å². The Hall–Kier alpha value is -0.180. The molecule has 0 bridgehead atoms. The molecular formula is C9H19O4P. The summed E-state index contributed by atoms with van der Waals surface area (Å²) in [4.78, 5) is 11.5. The average molecular weight is 222 g/mol. The monoisotopic (exact) mass is 222 g/mol. The summed E-state index contributed by atoms with van der Waals surface area (Å²) in [6.45, 7) is 7.60. The van der Waals surface area contributed by atoms with Crippen molar-refractivity contribution in [3.8, 4) is 0 Å². The Morgan fingerprint density at radius 2 is 1.64 bits per heavy atom. The summed E-state index contributed by atoms with van der Waals surface area (Å²) in [5.74, 6) is 0.164. The summed E-state index contributed by atoms with van der Waals surface area (Å²) < 4.78 is 21.7. The zero-order valence-corrected chi connectivity index (χ0v) is 10.2. The van der Waals surface area contributed by atoms with Crippen molar-refractivity contribution in [2.45, 2.75) is 34.1 Å². The van der Waals surface area contributed by atoms with Gasteiger partial charge in [-0.15, -0.1) is 0 Å². The van der Waals surface area contributed by atoms with Crippen LogP contribution < -0.4 is 0 Å². The highest BCUT2D eigenvalue weighted by Gasteiger charge is 2.33. The lowest BCUT2D eigenvalue weighted by Gasteiger charge is -2.16. The molecule has 0 aromatic rings. The highest BCUT2D eigenvalue weighted by atomic mass is 31.2. The standard InChI is InChI=1S/C9H19O4P/c1-5-12-14(11,13-6-2)9(10)7-8(3)4/h8H,5-7H2,1-4H3. The number of carbonyl (C=O) groups excluding carboxylic acids is 1. The molecule has 0 aliphatic carbocycles. The van der Waals surface area contributed by atoms with Crippen LogP contribution >= 0.6 is 7.60 Å². The SMILES string of the molecule is CCOP(=O)(OCC)C(=O)CC(C)C. The lowest BCUT2D eigenvalue weighted by molar-refractivity contribution is -0.114. The largest absolute Gasteiger partial charge is 0.396 e. The predicted octanol–water partition coefficient (Wildman–Crippen LogP) is 2.83. The molecule has 0 aromatic carbocycles. The maximum Gasteiger partial charge on any atom is 0.396 e. The summed E-state index contributed by atoms with van der Waals surface area (Å²) in [5, 5.41) is 0. The second kappa shape index (κ2) is 6.33. The minimum atomic E-state index is -3.50. The third kappa shape index (κ3) is 4.36. The molecule has 0 N–H and O–H groups in total. The average Bonchev–Trinajstić information content (AvgIpc) is 2.03. The van der Waals surface area contributed by atoms with Gasteiger partial charge < -0.3 is 9.05 Å². The molecule has 0 fully saturated rings. The summed E-state index contributed by atoms with van der Waals surface area (Å²) >= 11 is 0. The fourth-order valence-electron chi connectivity index (χ4n) is 0.982. The molecule has 5 heteroatoms. The van der Waals surface area contributed by atoms with Crippen LogP contribution in [0.4, 0.5) is 0 Å². The molecule has 0 atom stereocenters. The lowest BCUT2D eigenvalue weighted by Crippen LogP contribution is -2.09. The zero-order valence-electron chi connectivity index (χ0n) is 9.28. The first-order chi connectivity index (χ1) is 6.46. The van der Waals surface area contributed by atoms with E-state index in [0.29, 0.717) is 0 Å². The van der Waals surface area contributed by atoms with Gasteiger partial charge in [0.2, 0.25) is 5.52 Å². The van der Waals surface area contributed by atoms with E-state index in [-0.39, 0.29) is 25.6 Å². The van der Waals surface area contributed by atoms with Crippen LogP contribution in [0.15, 0.2) is 0 Å². The molecule has 0 unspecified atom stereocenters. The van der Waals surface area contributed by atoms with Gasteiger partial charge in [0.25, 0.3) is 0 Å². The molecule has 0 aliphatic heterocycles. The molecular weight excluding hydrogens is 203 g/mol. The number of rotatable bonds is 7. The van der Waals surface area contributed by atoms with E-state index >= 15 is 0 Å². The first-order valence-electron chi connectivity index (χ1n) is 4.88. The molecule has 0 rings (SSSR count). The molecule has 0 saturated heterocycles. The van der Waals surface area contributed by atoms with Crippen LogP contribution in [-0.2, 0) is 18.4 Å². The van der Waals surface area contributed by atoms with Crippen molar-refractivity contribution in [1.29, 1.82) is 0 Å². The lowest BCUT2D eigenvalue weighted by atomic mass is 10.2. The highest BCUT2D eigenvalue weighted by Crippen LogP contribution is 2.50. The first-order valence-corrected chi connectivity index (χ1v) is 6.43. The van der Waals surface area contributed by atoms with E-state index in [0.717, 1.165) is 0 Å². The molecule has 0 radical (unpaired) electrons. The van der Waals surface area contributed by atoms with Crippen LogP contribution in [0.3, 0.4) is 0 Å². The van der Waals surface area contributed by atoms with E-state index in [1.54, 1.807) is 13.8 Å². The number of hydrogen-bond donors (Lipinski definition) is 0. The van der Waals surface area contributed by atoms with Crippen LogP contribution in [-0.4, -0.2) is 18.7 Å². The van der Waals surface area contributed by atoms with Gasteiger partial charge in [-0.25, -0.2) is 0 Å². The molecule has 0 aliphatic rings. The summed E-state index contributed by atoms with van der Waals surface area (Å²) in [7, 11) is -3.50. The van der Waals surface area contributed by atoms with Gasteiger partial charge in [-0.3, -0.25) is 9.36 Å². The van der Waals surface area contributed by atoms with Crippen LogP contribution in [0.1, 0.15) is 34.1 Å². The Labute approximate surface area is 85.5 Å². The summed E-state index contributed by atoms with van der Waals surface area (Å²) in [6, 6.07) is 0. The highest BCUT2D eigenvalue weighted by molar-refractivity contribution is 7.71. The van der Waals surface area contributed by atoms with E-state index in [1.165, 1.54) is 0 Å². The van der Waals surface area contributed by atoms with Gasteiger partial charge in [-0.1, -0.05) is 13.8 Å². The van der Waals surface area contributed by atoms with E-state index in [9.17, 15) is 9.36 Å². The van der Waals surface area contributed by atoms with Gasteiger partial charge in [-0.05, 0) is 19.8 Å². The second-order valence-corrected chi connectivity index (χ2v) is 5.33. The van der Waals surface area contributed by atoms with E-state index in [2.05, 4.69) is 0 Å². The molecule has 0 saturated carbocycles. The second-order valence-electron chi connectivity index (χ2n) is 3.32. The van der Waals surface area contributed by atoms with Gasteiger partial charge in [0, 0.05) is 6.42 Å². The normalized spacial score (nSPS) is 12.1. The van der Waals surface area contributed by atoms with Crippen molar-refractivity contribution >= 4 is 13.1 Å². The van der Waals surface area contributed by atoms with E-state index < -0.39 is 13.1 Å². The fraction of sp³-hybridized carbons (Fsp3) is 0.889. The van der Waals surface area contributed by atoms with Crippen LogP contribution in [0.2, 0.25) is 0 Å². The zero-order chi connectivity index (χ0) is 11.2. The third-order valence-electron chi connectivity index (χ3n) is 1.49. The molecule has 0 spiro atoms. The molecule has 0 aromatic heterocycles. The van der Waals surface area contributed by atoms with Crippen LogP contribution in [0.5, 0.6) is 0 Å². The minimum absolute atomic E-state index is 0.164. The minimum Gasteiger partial charge on any atom is -0.303 e. The molecule has 0 heterocycles. The Morgan fingerprint density at radius 3 is 1.93 bits per heavy atom. The third-order valence-corrected chi connectivity index (χ3v) is 3.48. The Morgan fingerprint density at radius 1 is 1.21 bits per heavy atom. The van der Waals surface area contributed by atoms with Gasteiger partial charge >= 0.3 is 7.60 Å². The smallest absolute Gasteiger partial charge is 0.303 e. The Bertz CT molecular complexity index is 215. The van der Waals surface area contributed by atoms with Crippen molar-refractivity contribution in [2.75, 3.05) is 13.2 Å². The number of hydrogen-bond acceptors (Lipinski definition) is 4. The van der Waals surface area contributed by atoms with Gasteiger partial charge in [0.1, 0.15) is 0 Å². The topological polar surface area (TPSA) is 52.6 Å². The quantitative estimate of drug-likeness (QED) is 0.621. The Balaban J connectivity index is 4.47. The number of carbonyl (C=O) groups is 1. The molecule has 14 heavy (non-hydrogen) atoms. The maximum absolute atomic E-state index is 11.9. The van der Waals surface area contributed by atoms with Crippen molar-refractivity contribution in [3.63, 3.8) is 0 Å². The van der Waals surface area contributed by atoms with Gasteiger partial charge in [0.05, 0.1) is 13.2 Å². The first kappa shape index (κ1) is 13.8. The molecule has 4 nitrogen and oxygen atoms in total. The van der Waals surface area contributed by atoms with Crippen molar-refractivity contribution in [1.82, 2.24) is 0 Å². The van der Waals surface area contributed by atoms with Gasteiger partial charge in [-0.2, -0.15) is 0 Å². The van der Waals surface area contributed by atoms with Crippen molar-refractivity contribution < 1.29 is 18.4 Å². The van der Waals surface area contributed by atoms with Gasteiger partial charge in [0.15, 0.2) is 0 Å². The van der Waals surface area contributed by atoms with E-state index in [1.807, 2.05) is 13.8 Å².